The molecular weight excluding hydrogens is 224 g/mol. The number of rotatable bonds is 1. The molecule has 1 aliphatic heterocycles. The molecule has 0 saturated heterocycles. The Bertz CT molecular complexity index is 548. The zero-order valence-corrected chi connectivity index (χ0v) is 9.27. The van der Waals surface area contributed by atoms with E-state index in [1.54, 1.807) is 6.92 Å². The molecule has 2 heterocycles. The SMILES string of the molecule is Cc1nc2n(n1)[C@@H](c1ccccc1)CC2(F)F. The second-order valence-electron chi connectivity index (χ2n) is 4.26. The first-order valence-electron chi connectivity index (χ1n) is 5.44. The van der Waals surface area contributed by atoms with Gasteiger partial charge in [0.25, 0.3) is 0 Å². The molecule has 0 amide bonds. The molecule has 88 valence electrons. The predicted molar refractivity (Wildman–Crippen MR) is 57.9 cm³/mol. The van der Waals surface area contributed by atoms with Crippen LogP contribution in [-0.2, 0) is 5.92 Å². The van der Waals surface area contributed by atoms with Gasteiger partial charge in [-0.05, 0) is 12.5 Å². The Kier molecular flexibility index (Phi) is 2.05. The molecule has 3 rings (SSSR count). The van der Waals surface area contributed by atoms with Crippen LogP contribution >= 0.6 is 0 Å². The Morgan fingerprint density at radius 1 is 1.29 bits per heavy atom. The second-order valence-corrected chi connectivity index (χ2v) is 4.26. The summed E-state index contributed by atoms with van der Waals surface area (Å²) in [5, 5.41) is 4.07. The number of benzene rings is 1. The molecule has 17 heavy (non-hydrogen) atoms. The molecule has 2 aromatic rings. The molecular formula is C12H11F2N3. The van der Waals surface area contributed by atoms with Gasteiger partial charge in [0.2, 0.25) is 0 Å². The van der Waals surface area contributed by atoms with Crippen molar-refractivity contribution in [3.8, 4) is 0 Å². The summed E-state index contributed by atoms with van der Waals surface area (Å²) < 4.78 is 28.9. The predicted octanol–water partition coefficient (Wildman–Crippen LogP) is 2.67. The minimum atomic E-state index is -2.89. The van der Waals surface area contributed by atoms with E-state index in [2.05, 4.69) is 10.1 Å². The number of hydrogen-bond donors (Lipinski definition) is 0. The Balaban J connectivity index is 2.11. The molecule has 0 N–H and O–H groups in total. The molecule has 0 fully saturated rings. The maximum Gasteiger partial charge on any atom is 0.308 e. The van der Waals surface area contributed by atoms with Gasteiger partial charge in [-0.15, -0.1) is 0 Å². The van der Waals surface area contributed by atoms with Gasteiger partial charge in [0, 0.05) is 6.42 Å². The van der Waals surface area contributed by atoms with Gasteiger partial charge >= 0.3 is 5.92 Å². The maximum absolute atomic E-state index is 13.8. The monoisotopic (exact) mass is 235 g/mol. The van der Waals surface area contributed by atoms with Crippen molar-refractivity contribution >= 4 is 0 Å². The summed E-state index contributed by atoms with van der Waals surface area (Å²) >= 11 is 0. The molecule has 3 nitrogen and oxygen atoms in total. The summed E-state index contributed by atoms with van der Waals surface area (Å²) in [6.07, 6.45) is -0.257. The molecule has 1 aromatic carbocycles. The van der Waals surface area contributed by atoms with E-state index in [9.17, 15) is 8.78 Å². The molecule has 5 heteroatoms. The number of aryl methyl sites for hydroxylation is 1. The zero-order chi connectivity index (χ0) is 12.0. The van der Waals surface area contributed by atoms with Crippen LogP contribution in [0.4, 0.5) is 8.78 Å². The van der Waals surface area contributed by atoms with Crippen molar-refractivity contribution in [3.63, 3.8) is 0 Å². The van der Waals surface area contributed by atoms with E-state index < -0.39 is 12.0 Å². The third-order valence-corrected chi connectivity index (χ3v) is 2.99. The van der Waals surface area contributed by atoms with Gasteiger partial charge in [-0.1, -0.05) is 30.3 Å². The van der Waals surface area contributed by atoms with E-state index in [-0.39, 0.29) is 12.2 Å². The van der Waals surface area contributed by atoms with Gasteiger partial charge in [0.15, 0.2) is 5.82 Å². The van der Waals surface area contributed by atoms with Crippen LogP contribution in [0.15, 0.2) is 30.3 Å². The summed E-state index contributed by atoms with van der Waals surface area (Å²) in [7, 11) is 0. The first-order chi connectivity index (χ1) is 8.08. The van der Waals surface area contributed by atoms with Crippen LogP contribution in [0.25, 0.3) is 0 Å². The number of halogens is 2. The third-order valence-electron chi connectivity index (χ3n) is 2.99. The number of nitrogens with zero attached hydrogens (tertiary/aromatic N) is 3. The van der Waals surface area contributed by atoms with Gasteiger partial charge in [-0.3, -0.25) is 0 Å². The highest BCUT2D eigenvalue weighted by molar-refractivity contribution is 5.24. The molecule has 1 atom stereocenters. The molecule has 0 radical (unpaired) electrons. The highest BCUT2D eigenvalue weighted by Crippen LogP contribution is 2.44. The first-order valence-corrected chi connectivity index (χ1v) is 5.44. The lowest BCUT2D eigenvalue weighted by Gasteiger charge is -2.11. The molecule has 0 saturated carbocycles. The smallest absolute Gasteiger partial charge is 0.237 e. The average Bonchev–Trinajstić information content (AvgIpc) is 2.79. The van der Waals surface area contributed by atoms with E-state index >= 15 is 0 Å². The van der Waals surface area contributed by atoms with E-state index in [0.717, 1.165) is 5.56 Å². The van der Waals surface area contributed by atoms with Gasteiger partial charge in [-0.2, -0.15) is 13.9 Å². The lowest BCUT2D eigenvalue weighted by Crippen LogP contribution is -2.10. The molecule has 0 spiro atoms. The first kappa shape index (κ1) is 10.4. The van der Waals surface area contributed by atoms with Crippen molar-refractivity contribution in [1.82, 2.24) is 14.8 Å². The number of alkyl halides is 2. The van der Waals surface area contributed by atoms with E-state index in [1.807, 2.05) is 30.3 Å². The molecule has 0 bridgehead atoms. The topological polar surface area (TPSA) is 30.7 Å². The summed E-state index contributed by atoms with van der Waals surface area (Å²) in [5.41, 5.74) is 0.843. The van der Waals surface area contributed by atoms with Crippen molar-refractivity contribution < 1.29 is 8.78 Å². The number of hydrogen-bond acceptors (Lipinski definition) is 2. The summed E-state index contributed by atoms with van der Waals surface area (Å²) in [4.78, 5) is 3.82. The Labute approximate surface area is 97.1 Å². The van der Waals surface area contributed by atoms with Crippen molar-refractivity contribution in [1.29, 1.82) is 0 Å². The fraction of sp³-hybridized carbons (Fsp3) is 0.333. The lowest BCUT2D eigenvalue weighted by atomic mass is 10.0. The third kappa shape index (κ3) is 1.53. The van der Waals surface area contributed by atoms with Crippen molar-refractivity contribution in [2.24, 2.45) is 0 Å². The van der Waals surface area contributed by atoms with Crippen LogP contribution in [0.2, 0.25) is 0 Å². The van der Waals surface area contributed by atoms with Crippen molar-refractivity contribution in [3.05, 3.63) is 47.5 Å². The van der Waals surface area contributed by atoms with Gasteiger partial charge in [-0.25, -0.2) is 9.67 Å². The molecule has 0 aliphatic carbocycles. The summed E-state index contributed by atoms with van der Waals surface area (Å²) in [5.74, 6) is -2.72. The lowest BCUT2D eigenvalue weighted by molar-refractivity contribution is -0.00886. The minimum absolute atomic E-state index is 0.219. The van der Waals surface area contributed by atoms with Crippen molar-refractivity contribution in [2.45, 2.75) is 25.3 Å². The summed E-state index contributed by atoms with van der Waals surface area (Å²) in [6.45, 7) is 1.63. The Morgan fingerprint density at radius 3 is 2.71 bits per heavy atom. The van der Waals surface area contributed by atoms with Crippen LogP contribution in [-0.4, -0.2) is 14.8 Å². The Hall–Kier alpha value is -1.78. The van der Waals surface area contributed by atoms with E-state index in [0.29, 0.717) is 5.82 Å². The highest BCUT2D eigenvalue weighted by atomic mass is 19.3. The van der Waals surface area contributed by atoms with Crippen LogP contribution in [0.1, 0.15) is 29.7 Å². The normalized spacial score (nSPS) is 21.5. The Morgan fingerprint density at radius 2 is 2.00 bits per heavy atom. The molecule has 1 aromatic heterocycles. The van der Waals surface area contributed by atoms with Crippen LogP contribution < -0.4 is 0 Å². The molecule has 1 aliphatic rings. The van der Waals surface area contributed by atoms with Crippen LogP contribution in [0.5, 0.6) is 0 Å². The van der Waals surface area contributed by atoms with Crippen molar-refractivity contribution in [2.75, 3.05) is 0 Å². The average molecular weight is 235 g/mol. The standard InChI is InChI=1S/C12H11F2N3/c1-8-15-11-12(13,14)7-10(17(11)16-8)9-5-3-2-4-6-9/h2-6,10H,7H2,1H3/t10-/m1/s1. The number of fused-ring (bicyclic) bond motifs is 1. The quantitative estimate of drug-likeness (QED) is 0.760. The van der Waals surface area contributed by atoms with Gasteiger partial charge in [0.1, 0.15) is 5.82 Å². The fourth-order valence-corrected chi connectivity index (χ4v) is 2.25. The zero-order valence-electron chi connectivity index (χ0n) is 9.27. The second kappa shape index (κ2) is 3.35. The maximum atomic E-state index is 13.8. The largest absolute Gasteiger partial charge is 0.308 e. The van der Waals surface area contributed by atoms with Gasteiger partial charge < -0.3 is 0 Å². The van der Waals surface area contributed by atoms with Crippen LogP contribution in [0.3, 0.4) is 0 Å². The fourth-order valence-electron chi connectivity index (χ4n) is 2.25. The summed E-state index contributed by atoms with van der Waals surface area (Å²) in [6, 6.07) is 8.82. The minimum Gasteiger partial charge on any atom is -0.237 e. The van der Waals surface area contributed by atoms with E-state index in [1.165, 1.54) is 4.68 Å². The highest BCUT2D eigenvalue weighted by Gasteiger charge is 2.48. The molecule has 0 unspecified atom stereocenters. The van der Waals surface area contributed by atoms with Gasteiger partial charge in [0.05, 0.1) is 6.04 Å². The van der Waals surface area contributed by atoms with Crippen LogP contribution in [0, 0.1) is 6.92 Å². The van der Waals surface area contributed by atoms with E-state index in [4.69, 9.17) is 0 Å². The number of aromatic nitrogens is 3.